The zero-order chi connectivity index (χ0) is 25.8. The molecule has 3 rings (SSSR count). The molecule has 4 N–H and O–H groups in total. The van der Waals surface area contributed by atoms with Crippen LogP contribution in [0.5, 0.6) is 11.5 Å². The maximum atomic E-state index is 12.5. The number of nitrogens with one attached hydrogen (secondary N) is 2. The molecule has 0 radical (unpaired) electrons. The number of ether oxygens (including phenoxy) is 4. The van der Waals surface area contributed by atoms with Crippen molar-refractivity contribution in [3.05, 3.63) is 71.8 Å². The van der Waals surface area contributed by atoms with Gasteiger partial charge < -0.3 is 30.0 Å². The molecule has 9 heteroatoms. The van der Waals surface area contributed by atoms with Crippen molar-refractivity contribution in [2.45, 2.75) is 12.8 Å². The first-order valence-electron chi connectivity index (χ1n) is 11.6. The van der Waals surface area contributed by atoms with Crippen molar-refractivity contribution in [3.8, 4) is 11.5 Å². The molecule has 0 saturated carbocycles. The lowest BCUT2D eigenvalue weighted by Crippen LogP contribution is -2.29. The third-order valence-corrected chi connectivity index (χ3v) is 5.25. The summed E-state index contributed by atoms with van der Waals surface area (Å²) in [7, 11) is 1.58. The van der Waals surface area contributed by atoms with E-state index in [9.17, 15) is 9.59 Å². The van der Waals surface area contributed by atoms with Gasteiger partial charge >= 0.3 is 5.97 Å². The first kappa shape index (κ1) is 26.7. The fourth-order valence-electron chi connectivity index (χ4n) is 3.31. The minimum absolute atomic E-state index is 0.00362. The highest BCUT2D eigenvalue weighted by molar-refractivity contribution is 5.99. The molecule has 0 unspecified atom stereocenters. The second-order valence-electron chi connectivity index (χ2n) is 8.00. The summed E-state index contributed by atoms with van der Waals surface area (Å²) in [4.78, 5) is 24.1. The first-order chi connectivity index (χ1) is 17.5. The standard InChI is InChI=1S/C27H31N3O6/c1-33-14-15-34-18-25(31)30-12-2-3-13-35-23-9-6-19(7-10-23)27(32)36-24-11-8-20-16-22(26(28)29)5-4-21(20)17-24/h4-11,16-17H,2-3,12-15,18H2,1H3,(H3,28,29)(H,30,31). The number of carbonyl (C=O) groups excluding carboxylic acids is 2. The largest absolute Gasteiger partial charge is 0.494 e. The van der Waals surface area contributed by atoms with Gasteiger partial charge in [-0.25, -0.2) is 4.79 Å². The van der Waals surface area contributed by atoms with E-state index in [0.717, 1.165) is 23.6 Å². The molecular formula is C27H31N3O6. The number of esters is 1. The predicted molar refractivity (Wildman–Crippen MR) is 137 cm³/mol. The van der Waals surface area contributed by atoms with Crippen LogP contribution in [0.2, 0.25) is 0 Å². The van der Waals surface area contributed by atoms with Crippen molar-refractivity contribution >= 4 is 28.5 Å². The van der Waals surface area contributed by atoms with Crippen LogP contribution in [0, 0.1) is 5.41 Å². The number of rotatable bonds is 14. The Morgan fingerprint density at radius 3 is 2.31 bits per heavy atom. The topological polar surface area (TPSA) is 133 Å². The van der Waals surface area contributed by atoms with Gasteiger partial charge in [0.05, 0.1) is 25.4 Å². The molecule has 190 valence electrons. The Hall–Kier alpha value is -3.95. The lowest BCUT2D eigenvalue weighted by Gasteiger charge is -2.09. The molecule has 0 heterocycles. The van der Waals surface area contributed by atoms with Gasteiger partial charge in [-0.05, 0) is 66.1 Å². The number of carbonyl (C=O) groups is 2. The van der Waals surface area contributed by atoms with E-state index in [1.54, 1.807) is 49.6 Å². The van der Waals surface area contributed by atoms with Gasteiger partial charge in [0.25, 0.3) is 0 Å². The number of amides is 1. The number of nitrogens with two attached hydrogens (primary N) is 1. The van der Waals surface area contributed by atoms with Crippen LogP contribution in [-0.4, -0.2) is 57.8 Å². The lowest BCUT2D eigenvalue weighted by molar-refractivity contribution is -0.126. The smallest absolute Gasteiger partial charge is 0.343 e. The highest BCUT2D eigenvalue weighted by Gasteiger charge is 2.10. The van der Waals surface area contributed by atoms with Crippen LogP contribution in [-0.2, 0) is 14.3 Å². The average molecular weight is 494 g/mol. The molecule has 3 aromatic rings. The van der Waals surface area contributed by atoms with Crippen LogP contribution in [0.3, 0.4) is 0 Å². The van der Waals surface area contributed by atoms with Crippen molar-refractivity contribution in [1.82, 2.24) is 5.32 Å². The van der Waals surface area contributed by atoms with E-state index in [4.69, 9.17) is 30.1 Å². The van der Waals surface area contributed by atoms with Gasteiger partial charge in [-0.15, -0.1) is 0 Å². The Morgan fingerprint density at radius 1 is 0.861 bits per heavy atom. The van der Waals surface area contributed by atoms with Crippen LogP contribution in [0.4, 0.5) is 0 Å². The molecule has 9 nitrogen and oxygen atoms in total. The molecule has 0 aliphatic rings. The Bertz CT molecular complexity index is 1180. The quantitative estimate of drug-likeness (QED) is 0.103. The second kappa shape index (κ2) is 13.8. The summed E-state index contributed by atoms with van der Waals surface area (Å²) in [6.45, 7) is 1.92. The van der Waals surface area contributed by atoms with Gasteiger partial charge in [-0.3, -0.25) is 10.2 Å². The number of methoxy groups -OCH3 is 1. The zero-order valence-corrected chi connectivity index (χ0v) is 20.3. The van der Waals surface area contributed by atoms with Gasteiger partial charge in [-0.1, -0.05) is 18.2 Å². The van der Waals surface area contributed by atoms with Crippen LogP contribution in [0.15, 0.2) is 60.7 Å². The molecule has 0 atom stereocenters. The maximum Gasteiger partial charge on any atom is 0.343 e. The molecule has 0 aliphatic heterocycles. The van der Waals surface area contributed by atoms with Crippen molar-refractivity contribution in [1.29, 1.82) is 5.41 Å². The third-order valence-electron chi connectivity index (χ3n) is 5.25. The maximum absolute atomic E-state index is 12.5. The number of benzene rings is 3. The van der Waals surface area contributed by atoms with Gasteiger partial charge in [-0.2, -0.15) is 0 Å². The van der Waals surface area contributed by atoms with E-state index in [1.165, 1.54) is 0 Å². The van der Waals surface area contributed by atoms with Crippen LogP contribution in [0.25, 0.3) is 10.8 Å². The summed E-state index contributed by atoms with van der Waals surface area (Å²) in [5, 5.41) is 12.1. The molecular weight excluding hydrogens is 462 g/mol. The van der Waals surface area contributed by atoms with Gasteiger partial charge in [0.15, 0.2) is 0 Å². The molecule has 0 aliphatic carbocycles. The molecule has 0 aromatic heterocycles. The zero-order valence-electron chi connectivity index (χ0n) is 20.3. The minimum atomic E-state index is -0.469. The molecule has 0 spiro atoms. The van der Waals surface area contributed by atoms with Gasteiger partial charge in [0, 0.05) is 19.2 Å². The number of amidine groups is 1. The normalized spacial score (nSPS) is 10.7. The van der Waals surface area contributed by atoms with E-state index >= 15 is 0 Å². The molecule has 0 bridgehead atoms. The van der Waals surface area contributed by atoms with E-state index in [2.05, 4.69) is 5.32 Å². The van der Waals surface area contributed by atoms with Crippen LogP contribution in [0.1, 0.15) is 28.8 Å². The summed E-state index contributed by atoms with van der Waals surface area (Å²) in [5.74, 6) is 0.457. The van der Waals surface area contributed by atoms with E-state index in [-0.39, 0.29) is 18.3 Å². The van der Waals surface area contributed by atoms with Crippen LogP contribution >= 0.6 is 0 Å². The van der Waals surface area contributed by atoms with E-state index < -0.39 is 5.97 Å². The number of nitrogen functional groups attached to an aromatic ring is 1. The molecule has 0 fully saturated rings. The van der Waals surface area contributed by atoms with Crippen LogP contribution < -0.4 is 20.5 Å². The fourth-order valence-corrected chi connectivity index (χ4v) is 3.31. The number of hydrogen-bond acceptors (Lipinski definition) is 7. The molecule has 0 saturated heterocycles. The SMILES string of the molecule is COCCOCC(=O)NCCCCOc1ccc(C(=O)Oc2ccc3cc(C(=N)N)ccc3c2)cc1. The Morgan fingerprint density at radius 2 is 1.56 bits per heavy atom. The molecule has 36 heavy (non-hydrogen) atoms. The fraction of sp³-hybridized carbons (Fsp3) is 0.296. The molecule has 3 aromatic carbocycles. The number of hydrogen-bond donors (Lipinski definition) is 3. The number of fused-ring (bicyclic) bond motifs is 1. The van der Waals surface area contributed by atoms with Crippen molar-refractivity contribution in [3.63, 3.8) is 0 Å². The summed E-state index contributed by atoms with van der Waals surface area (Å²) in [5.41, 5.74) is 6.58. The Kier molecular flexibility index (Phi) is 10.2. The Balaban J connectivity index is 1.38. The summed E-state index contributed by atoms with van der Waals surface area (Å²) in [6.07, 6.45) is 1.54. The van der Waals surface area contributed by atoms with Gasteiger partial charge in [0.2, 0.25) is 5.91 Å². The highest BCUT2D eigenvalue weighted by atomic mass is 16.5. The van der Waals surface area contributed by atoms with Crippen molar-refractivity contribution < 1.29 is 28.5 Å². The lowest BCUT2D eigenvalue weighted by atomic mass is 10.1. The van der Waals surface area contributed by atoms with Crippen molar-refractivity contribution in [2.24, 2.45) is 5.73 Å². The summed E-state index contributed by atoms with van der Waals surface area (Å²) >= 11 is 0. The Labute approximate surface area is 210 Å². The predicted octanol–water partition coefficient (Wildman–Crippen LogP) is 3.28. The summed E-state index contributed by atoms with van der Waals surface area (Å²) < 4.78 is 21.2. The summed E-state index contributed by atoms with van der Waals surface area (Å²) in [6, 6.07) is 17.5. The third kappa shape index (κ3) is 8.37. The first-order valence-corrected chi connectivity index (χ1v) is 11.6. The minimum Gasteiger partial charge on any atom is -0.494 e. The second-order valence-corrected chi connectivity index (χ2v) is 8.00. The van der Waals surface area contributed by atoms with E-state index in [1.807, 2.05) is 18.2 Å². The highest BCUT2D eigenvalue weighted by Crippen LogP contribution is 2.23. The molecule has 1 amide bonds. The number of unbranched alkanes of at least 4 members (excludes halogenated alkanes) is 1. The van der Waals surface area contributed by atoms with E-state index in [0.29, 0.717) is 49.0 Å². The monoisotopic (exact) mass is 493 g/mol. The van der Waals surface area contributed by atoms with Crippen molar-refractivity contribution in [2.75, 3.05) is 40.1 Å². The van der Waals surface area contributed by atoms with Gasteiger partial charge in [0.1, 0.15) is 23.9 Å². The average Bonchev–Trinajstić information content (AvgIpc) is 2.88.